The van der Waals surface area contributed by atoms with Crippen molar-refractivity contribution in [2.24, 2.45) is 11.8 Å². The van der Waals surface area contributed by atoms with Gasteiger partial charge < -0.3 is 25.4 Å². The molecule has 0 aliphatic carbocycles. The number of aliphatic hydroxyl groups is 1. The van der Waals surface area contributed by atoms with Gasteiger partial charge >= 0.3 is 0 Å². The highest BCUT2D eigenvalue weighted by atomic mass is 79.9. The lowest BCUT2D eigenvalue weighted by Crippen LogP contribution is -2.54. The van der Waals surface area contributed by atoms with Crippen LogP contribution in [-0.4, -0.2) is 63.5 Å². The van der Waals surface area contributed by atoms with Gasteiger partial charge in [0, 0.05) is 23.7 Å². The lowest BCUT2D eigenvalue weighted by atomic mass is 9.70. The molecule has 38 heavy (non-hydrogen) atoms. The molecule has 2 bridgehead atoms. The molecule has 1 spiro atoms. The van der Waals surface area contributed by atoms with E-state index in [0.717, 1.165) is 5.56 Å². The van der Waals surface area contributed by atoms with Crippen molar-refractivity contribution in [3.05, 3.63) is 59.1 Å². The van der Waals surface area contributed by atoms with Gasteiger partial charge in [0.15, 0.2) is 0 Å². The fourth-order valence-electron chi connectivity index (χ4n) is 6.27. The molecule has 202 valence electrons. The van der Waals surface area contributed by atoms with Gasteiger partial charge in [-0.3, -0.25) is 14.4 Å². The van der Waals surface area contributed by atoms with Gasteiger partial charge in [-0.15, -0.1) is 0 Å². The largest absolute Gasteiger partial charge is 0.396 e. The Morgan fingerprint density at radius 1 is 1.11 bits per heavy atom. The summed E-state index contributed by atoms with van der Waals surface area (Å²) in [6, 6.07) is 13.5. The monoisotopic (exact) mass is 603 g/mol. The van der Waals surface area contributed by atoms with Crippen LogP contribution in [0.2, 0.25) is 5.02 Å². The normalized spacial score (nSPS) is 29.4. The van der Waals surface area contributed by atoms with Crippen LogP contribution in [0.5, 0.6) is 0 Å². The Bertz CT molecular complexity index is 1210. The molecular formula is C28H31BrClN3O5. The zero-order chi connectivity index (χ0) is 27.0. The maximum Gasteiger partial charge on any atom is 0.250 e. The van der Waals surface area contributed by atoms with Crippen molar-refractivity contribution in [3.8, 4) is 0 Å². The van der Waals surface area contributed by atoms with Gasteiger partial charge in [-0.25, -0.2) is 0 Å². The topological polar surface area (TPSA) is 108 Å². The quantitative estimate of drug-likeness (QED) is 0.295. The number of nitrogens with zero attached hydrogens (tertiary/aromatic N) is 1. The Balaban J connectivity index is 1.48. The number of para-hydroxylation sites is 2. The van der Waals surface area contributed by atoms with Crippen molar-refractivity contribution in [1.82, 2.24) is 4.90 Å². The highest BCUT2D eigenvalue weighted by Gasteiger charge is 2.76. The number of unbranched alkanes of at least 4 members (excludes halogenated alkanes) is 2. The smallest absolute Gasteiger partial charge is 0.250 e. The maximum absolute atomic E-state index is 14.0. The summed E-state index contributed by atoms with van der Waals surface area (Å²) in [5, 5.41) is 15.5. The van der Waals surface area contributed by atoms with Crippen LogP contribution in [0.1, 0.15) is 31.2 Å². The third-order valence-electron chi connectivity index (χ3n) is 7.91. The summed E-state index contributed by atoms with van der Waals surface area (Å²) in [4.78, 5) is 42.9. The van der Waals surface area contributed by atoms with Crippen molar-refractivity contribution in [1.29, 1.82) is 0 Å². The Labute approximate surface area is 235 Å². The first kappa shape index (κ1) is 27.1. The zero-order valence-electron chi connectivity index (χ0n) is 21.0. The second-order valence-corrected chi connectivity index (χ2v) is 11.8. The molecule has 3 heterocycles. The number of likely N-dealkylation sites (tertiary alicyclic amines) is 1. The first-order chi connectivity index (χ1) is 18.3. The van der Waals surface area contributed by atoms with Gasteiger partial charge in [0.05, 0.1) is 28.6 Å². The molecule has 8 nitrogen and oxygen atoms in total. The molecule has 3 saturated heterocycles. The lowest BCUT2D eigenvalue weighted by Gasteiger charge is -2.34. The molecule has 0 aromatic heterocycles. The van der Waals surface area contributed by atoms with Crippen LogP contribution in [0.4, 0.5) is 11.4 Å². The van der Waals surface area contributed by atoms with Gasteiger partial charge in [0.1, 0.15) is 11.6 Å². The first-order valence-corrected chi connectivity index (χ1v) is 14.2. The highest BCUT2D eigenvalue weighted by Crippen LogP contribution is 2.60. The number of carbonyl (C=O) groups excluding carboxylic acids is 3. The molecule has 2 aromatic rings. The number of carbonyl (C=O) groups is 3. The molecule has 3 fully saturated rings. The van der Waals surface area contributed by atoms with Crippen LogP contribution >= 0.6 is 27.5 Å². The third-order valence-corrected chi connectivity index (χ3v) is 9.07. The molecule has 0 radical (unpaired) electrons. The molecule has 2 aromatic carbocycles. The number of anilines is 2. The van der Waals surface area contributed by atoms with E-state index < -0.39 is 29.6 Å². The summed E-state index contributed by atoms with van der Waals surface area (Å²) in [5.41, 5.74) is 0.780. The number of amides is 3. The number of nitrogens with one attached hydrogen (secondary N) is 2. The highest BCUT2D eigenvalue weighted by molar-refractivity contribution is 9.09. The van der Waals surface area contributed by atoms with E-state index in [1.165, 1.54) is 0 Å². The van der Waals surface area contributed by atoms with Crippen molar-refractivity contribution < 1.29 is 24.2 Å². The summed E-state index contributed by atoms with van der Waals surface area (Å²) in [6.45, 7) is 2.24. The Morgan fingerprint density at radius 2 is 1.87 bits per heavy atom. The first-order valence-electron chi connectivity index (χ1n) is 12.9. The number of aliphatic hydroxyl groups excluding tert-OH is 1. The minimum Gasteiger partial charge on any atom is -0.396 e. The summed E-state index contributed by atoms with van der Waals surface area (Å²) in [7, 11) is 0. The van der Waals surface area contributed by atoms with Gasteiger partial charge in [0.25, 0.3) is 0 Å². The number of hydrogen-bond donors (Lipinski definition) is 3. The van der Waals surface area contributed by atoms with Gasteiger partial charge in [-0.2, -0.15) is 0 Å². The number of aryl methyl sites for hydroxylation is 1. The molecule has 3 aliphatic heterocycles. The van der Waals surface area contributed by atoms with E-state index in [4.69, 9.17) is 16.3 Å². The molecular weight excluding hydrogens is 574 g/mol. The summed E-state index contributed by atoms with van der Waals surface area (Å²) >= 11 is 10.1. The van der Waals surface area contributed by atoms with Crippen LogP contribution in [0, 0.1) is 18.8 Å². The molecule has 0 saturated carbocycles. The number of rotatable bonds is 9. The number of ether oxygens (including phenoxy) is 1. The summed E-state index contributed by atoms with van der Waals surface area (Å²) < 4.78 is 6.52. The number of fused-ring (bicyclic) bond motifs is 1. The number of benzene rings is 2. The van der Waals surface area contributed by atoms with Crippen LogP contribution in [0.15, 0.2) is 48.5 Å². The van der Waals surface area contributed by atoms with Crippen LogP contribution < -0.4 is 10.6 Å². The SMILES string of the molecule is Cc1cccc(Cl)c1NC(=O)C1N(CCCCCO)C(=O)[C@@H]2[C@@H](C(=O)Nc3ccccc3)[C@@H]3OC12CC3Br. The zero-order valence-corrected chi connectivity index (χ0v) is 23.4. The lowest BCUT2D eigenvalue weighted by molar-refractivity contribution is -0.139. The minimum absolute atomic E-state index is 0.0635. The average Bonchev–Trinajstić information content (AvgIpc) is 3.48. The molecule has 5 rings (SSSR count). The predicted octanol–water partition coefficient (Wildman–Crippen LogP) is 4.14. The van der Waals surface area contributed by atoms with Gasteiger partial charge in [-0.1, -0.05) is 57.9 Å². The van der Waals surface area contributed by atoms with Crippen molar-refractivity contribution in [3.63, 3.8) is 0 Å². The Morgan fingerprint density at radius 3 is 2.58 bits per heavy atom. The average molecular weight is 605 g/mol. The fraction of sp³-hybridized carbons (Fsp3) is 0.464. The van der Waals surface area contributed by atoms with E-state index in [9.17, 15) is 19.5 Å². The van der Waals surface area contributed by atoms with Gasteiger partial charge in [-0.05, 0) is 56.4 Å². The van der Waals surface area contributed by atoms with Crippen molar-refractivity contribution in [2.75, 3.05) is 23.8 Å². The van der Waals surface area contributed by atoms with E-state index in [1.54, 1.807) is 23.1 Å². The summed E-state index contributed by atoms with van der Waals surface area (Å²) in [5.74, 6) is -2.47. The van der Waals surface area contributed by atoms with E-state index in [2.05, 4.69) is 26.6 Å². The van der Waals surface area contributed by atoms with Crippen molar-refractivity contribution >= 4 is 56.6 Å². The standard InChI is InChI=1S/C28H31BrClN3O5/c1-16-9-8-12-19(30)22(16)32-26(36)24-28-15-18(29)23(38-28)20(25(35)31-17-10-4-2-5-11-17)21(28)27(37)33(24)13-6-3-7-14-34/h2,4-5,8-12,18,20-21,23-24,34H,3,6-7,13-15H2,1H3,(H,31,35)(H,32,36)/t18?,20-,21+,23-,24?,28?/m1/s1. The van der Waals surface area contributed by atoms with E-state index in [1.807, 2.05) is 37.3 Å². The van der Waals surface area contributed by atoms with Crippen LogP contribution in [-0.2, 0) is 19.1 Å². The number of alkyl halides is 1. The Kier molecular flexibility index (Phi) is 7.82. The molecule has 3 unspecified atom stereocenters. The number of halogens is 2. The predicted molar refractivity (Wildman–Crippen MR) is 148 cm³/mol. The van der Waals surface area contributed by atoms with Crippen LogP contribution in [0.25, 0.3) is 0 Å². The molecule has 6 atom stereocenters. The molecule has 3 amide bonds. The molecule has 10 heteroatoms. The van der Waals surface area contributed by atoms with Gasteiger partial charge in [0.2, 0.25) is 17.7 Å². The second kappa shape index (κ2) is 11.0. The minimum atomic E-state index is -1.15. The Hall–Kier alpha value is -2.46. The van der Waals surface area contributed by atoms with Crippen LogP contribution in [0.3, 0.4) is 0 Å². The van der Waals surface area contributed by atoms with E-state index in [0.29, 0.717) is 48.6 Å². The van der Waals surface area contributed by atoms with E-state index >= 15 is 0 Å². The second-order valence-electron chi connectivity index (χ2n) is 10.3. The third kappa shape index (κ3) is 4.63. The van der Waals surface area contributed by atoms with E-state index in [-0.39, 0.29) is 29.2 Å². The summed E-state index contributed by atoms with van der Waals surface area (Å²) in [6.07, 6.45) is 1.82. The fourth-order valence-corrected chi connectivity index (χ4v) is 7.48. The molecule has 3 aliphatic rings. The van der Waals surface area contributed by atoms with Crippen molar-refractivity contribution in [2.45, 2.75) is 55.2 Å². The number of hydrogen-bond acceptors (Lipinski definition) is 5. The maximum atomic E-state index is 14.0. The molecule has 3 N–H and O–H groups in total.